The average Bonchev–Trinajstić information content (AvgIpc) is 2.68. The Hall–Kier alpha value is -0.620. The molecule has 58 valence electrons. The van der Waals surface area contributed by atoms with Crippen molar-refractivity contribution in [2.24, 2.45) is 0 Å². The van der Waals surface area contributed by atoms with E-state index in [2.05, 4.69) is 4.98 Å². The molecule has 1 N–H and O–H groups in total. The van der Waals surface area contributed by atoms with E-state index in [9.17, 15) is 4.79 Å². The highest BCUT2D eigenvalue weighted by Gasteiger charge is 2.23. The molecule has 2 nitrogen and oxygen atoms in total. The summed E-state index contributed by atoms with van der Waals surface area (Å²) in [7, 11) is 0.167. The van der Waals surface area contributed by atoms with Gasteiger partial charge in [0.2, 0.25) is 0 Å². The van der Waals surface area contributed by atoms with Gasteiger partial charge in [0, 0.05) is 13.1 Å². The molecule has 0 atom stereocenters. The summed E-state index contributed by atoms with van der Waals surface area (Å²) in [5, 5.41) is 1.37. The fourth-order valence-corrected chi connectivity index (χ4v) is 2.55. The van der Waals surface area contributed by atoms with Crippen LogP contribution in [0.3, 0.4) is 0 Å². The van der Waals surface area contributed by atoms with Gasteiger partial charge in [-0.3, -0.25) is 4.79 Å². The molecule has 2 rings (SSSR count). The van der Waals surface area contributed by atoms with Gasteiger partial charge in [-0.1, -0.05) is 7.92 Å². The molecule has 0 spiro atoms. The van der Waals surface area contributed by atoms with Crippen LogP contribution in [0, 0.1) is 0 Å². The molecule has 0 saturated carbocycles. The van der Waals surface area contributed by atoms with Crippen LogP contribution in [0.25, 0.3) is 0 Å². The van der Waals surface area contributed by atoms with Gasteiger partial charge in [-0.2, -0.15) is 0 Å². The minimum absolute atomic E-state index is 0.133. The number of Topliss-reactive ketones (excluding diaryl/α,β-unsaturated/α-hetero) is 1. The van der Waals surface area contributed by atoms with Crippen LogP contribution in [-0.2, 0) is 0 Å². The predicted octanol–water partition coefficient (Wildman–Crippen LogP) is 1.34. The van der Waals surface area contributed by atoms with E-state index in [0.717, 1.165) is 5.69 Å². The summed E-state index contributed by atoms with van der Waals surface area (Å²) >= 11 is 0. The Kier molecular flexibility index (Phi) is 1.57. The second kappa shape index (κ2) is 2.46. The molecule has 1 fully saturated rings. The Morgan fingerprint density at radius 2 is 2.36 bits per heavy atom. The SMILES string of the molecule is CC(=O)c1cc(P2CC2)c[nH]1. The van der Waals surface area contributed by atoms with Crippen molar-refractivity contribution >= 4 is 19.0 Å². The van der Waals surface area contributed by atoms with Crippen LogP contribution in [0.1, 0.15) is 17.4 Å². The maximum Gasteiger partial charge on any atom is 0.175 e. The standard InChI is InChI=1S/C8H10NOP/c1-6(10)8-4-7(5-9-8)11-2-3-11/h4-5,9H,2-3H2,1H3. The number of aromatic amines is 1. The van der Waals surface area contributed by atoms with Gasteiger partial charge in [0.05, 0.1) is 5.69 Å². The lowest BCUT2D eigenvalue weighted by atomic mass is 10.3. The number of aromatic nitrogens is 1. The third-order valence-corrected chi connectivity index (χ3v) is 3.74. The van der Waals surface area contributed by atoms with Gasteiger partial charge in [0.25, 0.3) is 0 Å². The van der Waals surface area contributed by atoms with Crippen LogP contribution in [-0.4, -0.2) is 23.1 Å². The molecule has 1 aliphatic rings. The lowest BCUT2D eigenvalue weighted by Crippen LogP contribution is -1.91. The van der Waals surface area contributed by atoms with Crippen molar-refractivity contribution in [3.8, 4) is 0 Å². The smallest absolute Gasteiger partial charge is 0.175 e. The number of ketones is 1. The topological polar surface area (TPSA) is 32.9 Å². The van der Waals surface area contributed by atoms with Crippen LogP contribution >= 0.6 is 7.92 Å². The molecular formula is C8H10NOP. The van der Waals surface area contributed by atoms with Gasteiger partial charge >= 0.3 is 0 Å². The van der Waals surface area contributed by atoms with E-state index in [4.69, 9.17) is 0 Å². The number of carbonyl (C=O) groups excluding carboxylic acids is 1. The van der Waals surface area contributed by atoms with Gasteiger partial charge in [-0.15, -0.1) is 0 Å². The third-order valence-electron chi connectivity index (χ3n) is 1.86. The Morgan fingerprint density at radius 3 is 2.82 bits per heavy atom. The summed E-state index contributed by atoms with van der Waals surface area (Å²) in [6.07, 6.45) is 4.69. The minimum Gasteiger partial charge on any atom is -0.358 e. The third kappa shape index (κ3) is 1.36. The first-order chi connectivity index (χ1) is 5.27. The van der Waals surface area contributed by atoms with Crippen molar-refractivity contribution in [2.45, 2.75) is 6.92 Å². The molecule has 0 bridgehead atoms. The van der Waals surface area contributed by atoms with Gasteiger partial charge in [-0.05, 0) is 23.7 Å². The van der Waals surface area contributed by atoms with Crippen LogP contribution in [0.4, 0.5) is 0 Å². The lowest BCUT2D eigenvalue weighted by molar-refractivity contribution is 0.101. The molecule has 0 aromatic carbocycles. The molecule has 0 amide bonds. The first-order valence-corrected chi connectivity index (χ1v) is 5.43. The van der Waals surface area contributed by atoms with Crippen molar-refractivity contribution in [2.75, 3.05) is 12.3 Å². The summed E-state index contributed by atoms with van der Waals surface area (Å²) in [4.78, 5) is 13.9. The highest BCUT2D eigenvalue weighted by Crippen LogP contribution is 2.48. The molecule has 0 radical (unpaired) electrons. The zero-order chi connectivity index (χ0) is 7.84. The highest BCUT2D eigenvalue weighted by atomic mass is 31.1. The molecule has 0 unspecified atom stereocenters. The quantitative estimate of drug-likeness (QED) is 0.523. The van der Waals surface area contributed by atoms with Crippen molar-refractivity contribution in [1.29, 1.82) is 0 Å². The maximum atomic E-state index is 10.9. The van der Waals surface area contributed by atoms with E-state index < -0.39 is 0 Å². The van der Waals surface area contributed by atoms with E-state index in [1.54, 1.807) is 6.92 Å². The number of H-pyrrole nitrogens is 1. The predicted molar refractivity (Wildman–Crippen MR) is 47.1 cm³/mol. The summed E-state index contributed by atoms with van der Waals surface area (Å²) in [5.74, 6) is 0.133. The fraction of sp³-hybridized carbons (Fsp3) is 0.375. The first kappa shape index (κ1) is 7.05. The Balaban J connectivity index is 2.25. The monoisotopic (exact) mass is 167 g/mol. The summed E-state index contributed by atoms with van der Waals surface area (Å²) in [6.45, 7) is 1.59. The minimum atomic E-state index is 0.133. The normalized spacial score (nSPS) is 16.8. The zero-order valence-corrected chi connectivity index (χ0v) is 7.32. The number of hydrogen-bond acceptors (Lipinski definition) is 1. The molecule has 1 aromatic rings. The van der Waals surface area contributed by atoms with E-state index in [-0.39, 0.29) is 13.7 Å². The molecular weight excluding hydrogens is 157 g/mol. The number of rotatable bonds is 2. The van der Waals surface area contributed by atoms with E-state index in [1.165, 1.54) is 17.6 Å². The van der Waals surface area contributed by atoms with Crippen molar-refractivity contribution < 1.29 is 4.79 Å². The van der Waals surface area contributed by atoms with Crippen LogP contribution in [0.15, 0.2) is 12.3 Å². The second-order valence-electron chi connectivity index (χ2n) is 2.81. The van der Waals surface area contributed by atoms with E-state index in [1.807, 2.05) is 12.3 Å². The molecule has 2 heterocycles. The maximum absolute atomic E-state index is 10.9. The van der Waals surface area contributed by atoms with E-state index >= 15 is 0 Å². The van der Waals surface area contributed by atoms with Crippen LogP contribution < -0.4 is 5.30 Å². The highest BCUT2D eigenvalue weighted by molar-refractivity contribution is 7.72. The summed E-state index contributed by atoms with van der Waals surface area (Å²) in [6, 6.07) is 2.00. The molecule has 1 saturated heterocycles. The molecule has 11 heavy (non-hydrogen) atoms. The Bertz CT molecular complexity index is 288. The molecule has 3 heteroatoms. The Morgan fingerprint density at radius 1 is 1.64 bits per heavy atom. The van der Waals surface area contributed by atoms with Gasteiger partial charge in [0.15, 0.2) is 5.78 Å². The molecule has 1 aliphatic heterocycles. The zero-order valence-electron chi connectivity index (χ0n) is 6.42. The summed E-state index contributed by atoms with van der Waals surface area (Å²) in [5.41, 5.74) is 0.759. The molecule has 1 aromatic heterocycles. The van der Waals surface area contributed by atoms with Gasteiger partial charge < -0.3 is 4.98 Å². The summed E-state index contributed by atoms with van der Waals surface area (Å²) < 4.78 is 0. The number of nitrogens with one attached hydrogen (secondary N) is 1. The van der Waals surface area contributed by atoms with Crippen molar-refractivity contribution in [1.82, 2.24) is 4.98 Å². The Labute approximate surface area is 66.8 Å². The van der Waals surface area contributed by atoms with E-state index in [0.29, 0.717) is 0 Å². The van der Waals surface area contributed by atoms with Crippen molar-refractivity contribution in [3.05, 3.63) is 18.0 Å². The number of hydrogen-bond donors (Lipinski definition) is 1. The molecule has 0 aliphatic carbocycles. The van der Waals surface area contributed by atoms with Crippen molar-refractivity contribution in [3.63, 3.8) is 0 Å². The lowest BCUT2D eigenvalue weighted by Gasteiger charge is -1.85. The largest absolute Gasteiger partial charge is 0.358 e. The number of carbonyl (C=O) groups is 1. The van der Waals surface area contributed by atoms with Gasteiger partial charge in [-0.25, -0.2) is 0 Å². The second-order valence-corrected chi connectivity index (χ2v) is 5.31. The fourth-order valence-electron chi connectivity index (χ4n) is 1.08. The van der Waals surface area contributed by atoms with Gasteiger partial charge in [0.1, 0.15) is 0 Å². The van der Waals surface area contributed by atoms with Crippen LogP contribution in [0.5, 0.6) is 0 Å². The van der Waals surface area contributed by atoms with Crippen LogP contribution in [0.2, 0.25) is 0 Å². The first-order valence-electron chi connectivity index (χ1n) is 3.71. The average molecular weight is 167 g/mol.